The van der Waals surface area contributed by atoms with Crippen LogP contribution in [0, 0.1) is 6.92 Å². The average Bonchev–Trinajstić information content (AvgIpc) is 2.39. The van der Waals surface area contributed by atoms with Crippen molar-refractivity contribution in [1.29, 1.82) is 0 Å². The second kappa shape index (κ2) is 6.34. The monoisotopic (exact) mass is 257 g/mol. The minimum Gasteiger partial charge on any atom is -0.493 e. The summed E-state index contributed by atoms with van der Waals surface area (Å²) in [5, 5.41) is 9.72. The number of aryl methyl sites for hydroxylation is 1. The van der Waals surface area contributed by atoms with Crippen LogP contribution in [0.4, 0.5) is 0 Å². The van der Waals surface area contributed by atoms with Crippen molar-refractivity contribution in [3.8, 4) is 5.75 Å². The van der Waals surface area contributed by atoms with E-state index < -0.39 is 6.10 Å². The van der Waals surface area contributed by atoms with Crippen molar-refractivity contribution < 1.29 is 9.84 Å². The lowest BCUT2D eigenvalue weighted by molar-refractivity contribution is 0.191. The summed E-state index contributed by atoms with van der Waals surface area (Å²) in [4.78, 5) is 4.26. The van der Waals surface area contributed by atoms with E-state index in [1.165, 1.54) is 0 Å². The highest BCUT2D eigenvalue weighted by atomic mass is 16.5. The van der Waals surface area contributed by atoms with Crippen LogP contribution in [0.15, 0.2) is 42.6 Å². The predicted molar refractivity (Wildman–Crippen MR) is 75.2 cm³/mol. The fraction of sp³-hybridized carbons (Fsp3) is 0.312. The highest BCUT2D eigenvalue weighted by Crippen LogP contribution is 2.26. The van der Waals surface area contributed by atoms with E-state index in [0.717, 1.165) is 29.0 Å². The number of aromatic nitrogens is 1. The van der Waals surface area contributed by atoms with Gasteiger partial charge in [0.15, 0.2) is 0 Å². The largest absolute Gasteiger partial charge is 0.493 e. The summed E-state index contributed by atoms with van der Waals surface area (Å²) >= 11 is 0. The van der Waals surface area contributed by atoms with Crippen LogP contribution in [-0.2, 0) is 6.42 Å². The van der Waals surface area contributed by atoms with E-state index in [9.17, 15) is 5.11 Å². The molecule has 1 unspecified atom stereocenters. The highest BCUT2D eigenvalue weighted by molar-refractivity contribution is 5.38. The Labute approximate surface area is 113 Å². The normalized spacial score (nSPS) is 12.2. The lowest BCUT2D eigenvalue weighted by Crippen LogP contribution is -2.06. The lowest BCUT2D eigenvalue weighted by Gasteiger charge is -2.14. The van der Waals surface area contributed by atoms with Crippen LogP contribution >= 0.6 is 0 Å². The van der Waals surface area contributed by atoms with Crippen LogP contribution < -0.4 is 4.74 Å². The molecule has 0 bridgehead atoms. The fourth-order valence-electron chi connectivity index (χ4n) is 1.92. The summed E-state index contributed by atoms with van der Waals surface area (Å²) in [5.41, 5.74) is 2.96. The molecule has 0 saturated carbocycles. The topological polar surface area (TPSA) is 42.4 Å². The maximum absolute atomic E-state index is 9.72. The van der Waals surface area contributed by atoms with E-state index in [4.69, 9.17) is 4.74 Å². The van der Waals surface area contributed by atoms with Gasteiger partial charge < -0.3 is 9.84 Å². The molecule has 2 aromatic rings. The second-order valence-electron chi connectivity index (χ2n) is 4.64. The molecule has 0 fully saturated rings. The van der Waals surface area contributed by atoms with Crippen LogP contribution in [0.1, 0.15) is 29.8 Å². The molecule has 1 N–H and O–H groups in total. The third-order valence-corrected chi connectivity index (χ3v) is 2.96. The summed E-state index contributed by atoms with van der Waals surface area (Å²) in [6.07, 6.45) is 2.02. The number of nitrogens with zero attached hydrogens (tertiary/aromatic N) is 1. The summed E-state index contributed by atoms with van der Waals surface area (Å²) < 4.78 is 5.78. The van der Waals surface area contributed by atoms with Gasteiger partial charge in [0, 0.05) is 23.9 Å². The molecule has 2 rings (SSSR count). The van der Waals surface area contributed by atoms with Gasteiger partial charge >= 0.3 is 0 Å². The summed E-state index contributed by atoms with van der Waals surface area (Å²) in [6.45, 7) is 4.31. The Bertz CT molecular complexity index is 524. The van der Waals surface area contributed by atoms with Gasteiger partial charge in [-0.1, -0.05) is 18.2 Å². The summed E-state index contributed by atoms with van der Waals surface area (Å²) in [6, 6.07) is 11.7. The first-order valence-corrected chi connectivity index (χ1v) is 6.48. The van der Waals surface area contributed by atoms with Crippen LogP contribution in [0.25, 0.3) is 0 Å². The van der Waals surface area contributed by atoms with Crippen LogP contribution in [0.2, 0.25) is 0 Å². The number of ether oxygens (including phenoxy) is 1. The highest BCUT2D eigenvalue weighted by Gasteiger charge is 2.09. The Balaban J connectivity index is 2.01. The van der Waals surface area contributed by atoms with E-state index >= 15 is 0 Å². The molecule has 1 atom stereocenters. The molecule has 3 heteroatoms. The van der Waals surface area contributed by atoms with Gasteiger partial charge in [-0.2, -0.15) is 0 Å². The number of hydrogen-bond donors (Lipinski definition) is 1. The van der Waals surface area contributed by atoms with Gasteiger partial charge in [-0.15, -0.1) is 0 Å². The fourth-order valence-corrected chi connectivity index (χ4v) is 1.92. The van der Waals surface area contributed by atoms with Gasteiger partial charge in [-0.25, -0.2) is 0 Å². The van der Waals surface area contributed by atoms with E-state index in [1.807, 2.05) is 43.3 Å². The molecule has 1 aromatic heterocycles. The van der Waals surface area contributed by atoms with Gasteiger partial charge in [0.2, 0.25) is 0 Å². The van der Waals surface area contributed by atoms with Gasteiger partial charge in [0.1, 0.15) is 5.75 Å². The van der Waals surface area contributed by atoms with Crippen molar-refractivity contribution in [3.05, 3.63) is 59.4 Å². The molecular formula is C16H19NO2. The summed E-state index contributed by atoms with van der Waals surface area (Å²) in [5.74, 6) is 0.755. The molecule has 0 aliphatic carbocycles. The van der Waals surface area contributed by atoms with Crippen molar-refractivity contribution in [2.75, 3.05) is 6.61 Å². The second-order valence-corrected chi connectivity index (χ2v) is 4.64. The van der Waals surface area contributed by atoms with Crippen molar-refractivity contribution in [1.82, 2.24) is 4.98 Å². The average molecular weight is 257 g/mol. The van der Waals surface area contributed by atoms with E-state index in [0.29, 0.717) is 6.61 Å². The van der Waals surface area contributed by atoms with Crippen LogP contribution in [0.5, 0.6) is 5.75 Å². The molecule has 1 heterocycles. The third kappa shape index (κ3) is 3.80. The zero-order valence-corrected chi connectivity index (χ0v) is 11.3. The Morgan fingerprint density at radius 3 is 2.79 bits per heavy atom. The van der Waals surface area contributed by atoms with Crippen molar-refractivity contribution >= 4 is 0 Å². The standard InChI is InChI=1S/C16H19NO2/c1-12-6-7-15(13(2)18)16(11-12)19-10-8-14-5-3-4-9-17-14/h3-7,9,11,13,18H,8,10H2,1-2H3. The van der Waals surface area contributed by atoms with Crippen molar-refractivity contribution in [2.45, 2.75) is 26.4 Å². The van der Waals surface area contributed by atoms with Crippen LogP contribution in [-0.4, -0.2) is 16.7 Å². The van der Waals surface area contributed by atoms with Gasteiger partial charge in [0.05, 0.1) is 12.7 Å². The number of rotatable bonds is 5. The zero-order chi connectivity index (χ0) is 13.7. The number of hydrogen-bond acceptors (Lipinski definition) is 3. The molecule has 0 aliphatic heterocycles. The maximum Gasteiger partial charge on any atom is 0.125 e. The molecule has 0 aliphatic rings. The Kier molecular flexibility index (Phi) is 4.53. The van der Waals surface area contributed by atoms with E-state index in [-0.39, 0.29) is 0 Å². The quantitative estimate of drug-likeness (QED) is 0.895. The number of aliphatic hydroxyl groups excluding tert-OH is 1. The van der Waals surface area contributed by atoms with Crippen molar-refractivity contribution in [3.63, 3.8) is 0 Å². The third-order valence-electron chi connectivity index (χ3n) is 2.96. The molecule has 3 nitrogen and oxygen atoms in total. The molecule has 0 saturated heterocycles. The minimum atomic E-state index is -0.523. The van der Waals surface area contributed by atoms with Gasteiger partial charge in [0.25, 0.3) is 0 Å². The molecule has 19 heavy (non-hydrogen) atoms. The molecule has 0 amide bonds. The van der Waals surface area contributed by atoms with E-state index in [2.05, 4.69) is 4.98 Å². The molecule has 100 valence electrons. The number of pyridine rings is 1. The zero-order valence-electron chi connectivity index (χ0n) is 11.3. The first-order valence-electron chi connectivity index (χ1n) is 6.48. The van der Waals surface area contributed by atoms with E-state index in [1.54, 1.807) is 13.1 Å². The molecule has 1 aromatic carbocycles. The SMILES string of the molecule is Cc1ccc(C(C)O)c(OCCc2ccccn2)c1. The molecule has 0 spiro atoms. The maximum atomic E-state index is 9.72. The molecule has 0 radical (unpaired) electrons. The van der Waals surface area contributed by atoms with Crippen molar-refractivity contribution in [2.24, 2.45) is 0 Å². The van der Waals surface area contributed by atoms with Gasteiger partial charge in [-0.05, 0) is 37.6 Å². The molecular weight excluding hydrogens is 238 g/mol. The van der Waals surface area contributed by atoms with Crippen LogP contribution in [0.3, 0.4) is 0 Å². The van der Waals surface area contributed by atoms with Gasteiger partial charge in [-0.3, -0.25) is 4.98 Å². The Hall–Kier alpha value is -1.87. The minimum absolute atomic E-state index is 0.523. The Morgan fingerprint density at radius 1 is 1.26 bits per heavy atom. The smallest absolute Gasteiger partial charge is 0.125 e. The first-order chi connectivity index (χ1) is 9.16. The first kappa shape index (κ1) is 13.6. The Morgan fingerprint density at radius 2 is 2.11 bits per heavy atom. The number of aliphatic hydroxyl groups is 1. The predicted octanol–water partition coefficient (Wildman–Crippen LogP) is 3.06. The number of benzene rings is 1. The summed E-state index contributed by atoms with van der Waals surface area (Å²) in [7, 11) is 0. The lowest BCUT2D eigenvalue weighted by atomic mass is 10.1.